The van der Waals surface area contributed by atoms with Crippen LogP contribution in [0.1, 0.15) is 0 Å². The van der Waals surface area contributed by atoms with Gasteiger partial charge in [-0.1, -0.05) is 0 Å². The molecular formula is C6H13KNO5. The zero-order chi connectivity index (χ0) is 9.30. The molecule has 0 aromatic heterocycles. The summed E-state index contributed by atoms with van der Waals surface area (Å²) in [6, 6.07) is -1.04. The van der Waals surface area contributed by atoms with Crippen LogP contribution >= 0.6 is 0 Å². The third-order valence-corrected chi connectivity index (χ3v) is 1.95. The molecule has 1 rings (SSSR count). The minimum absolute atomic E-state index is 0. The van der Waals surface area contributed by atoms with Gasteiger partial charge >= 0.3 is 0 Å². The molecule has 1 fully saturated rings. The third-order valence-electron chi connectivity index (χ3n) is 1.95. The molecule has 0 aromatic rings. The van der Waals surface area contributed by atoms with Crippen molar-refractivity contribution in [2.45, 2.75) is 30.6 Å². The van der Waals surface area contributed by atoms with Crippen LogP contribution in [-0.4, -0.2) is 109 Å². The van der Waals surface area contributed by atoms with Gasteiger partial charge in [0.2, 0.25) is 0 Å². The summed E-state index contributed by atoms with van der Waals surface area (Å²) in [5.41, 5.74) is 5.26. The van der Waals surface area contributed by atoms with E-state index in [0.717, 1.165) is 0 Å². The molecule has 0 aromatic carbocycles. The summed E-state index contributed by atoms with van der Waals surface area (Å²) >= 11 is 0. The molecule has 6 N–H and O–H groups in total. The van der Waals surface area contributed by atoms with Crippen LogP contribution in [0.2, 0.25) is 0 Å². The van der Waals surface area contributed by atoms with Crippen molar-refractivity contribution in [1.29, 1.82) is 0 Å². The van der Waals surface area contributed by atoms with Crippen LogP contribution < -0.4 is 5.73 Å². The quantitative estimate of drug-likeness (QED) is 0.290. The topological polar surface area (TPSA) is 116 Å². The molecule has 5 atom stereocenters. The van der Waals surface area contributed by atoms with Gasteiger partial charge in [0.25, 0.3) is 0 Å². The Morgan fingerprint density at radius 1 is 1.15 bits per heavy atom. The number of aliphatic hydroxyl groups is 4. The molecule has 1 saturated heterocycles. The first-order valence-electron chi connectivity index (χ1n) is 3.64. The molecule has 73 valence electrons. The summed E-state index contributed by atoms with van der Waals surface area (Å²) in [4.78, 5) is 0. The van der Waals surface area contributed by atoms with Crippen molar-refractivity contribution in [1.82, 2.24) is 0 Å². The Morgan fingerprint density at radius 2 is 1.69 bits per heavy atom. The fourth-order valence-corrected chi connectivity index (χ4v) is 1.12. The van der Waals surface area contributed by atoms with E-state index in [1.807, 2.05) is 0 Å². The molecule has 7 heteroatoms. The van der Waals surface area contributed by atoms with Crippen LogP contribution in [0.15, 0.2) is 0 Å². The van der Waals surface area contributed by atoms with Gasteiger partial charge < -0.3 is 30.9 Å². The van der Waals surface area contributed by atoms with E-state index in [1.165, 1.54) is 0 Å². The van der Waals surface area contributed by atoms with E-state index < -0.39 is 37.3 Å². The Bertz CT molecular complexity index is 155. The first-order chi connectivity index (χ1) is 5.57. The second-order valence-corrected chi connectivity index (χ2v) is 2.81. The molecule has 0 amide bonds. The van der Waals surface area contributed by atoms with Crippen molar-refractivity contribution in [2.24, 2.45) is 5.73 Å². The van der Waals surface area contributed by atoms with Crippen molar-refractivity contribution >= 4 is 51.4 Å². The van der Waals surface area contributed by atoms with E-state index in [0.29, 0.717) is 0 Å². The van der Waals surface area contributed by atoms with Gasteiger partial charge in [-0.3, -0.25) is 0 Å². The molecule has 13 heavy (non-hydrogen) atoms. The first-order valence-corrected chi connectivity index (χ1v) is 3.64. The van der Waals surface area contributed by atoms with E-state index in [1.54, 1.807) is 0 Å². The number of rotatable bonds is 1. The van der Waals surface area contributed by atoms with Gasteiger partial charge in [0, 0.05) is 51.4 Å². The molecule has 0 saturated carbocycles. The van der Waals surface area contributed by atoms with Crippen LogP contribution in [0.4, 0.5) is 0 Å². The van der Waals surface area contributed by atoms with E-state index in [4.69, 9.17) is 20.7 Å². The Balaban J connectivity index is 0.00000144. The Labute approximate surface area is 118 Å². The predicted molar refractivity (Wildman–Crippen MR) is 43.7 cm³/mol. The van der Waals surface area contributed by atoms with E-state index in [2.05, 4.69) is 0 Å². The molecule has 6 nitrogen and oxygen atoms in total. The normalized spacial score (nSPS) is 45.5. The molecular weight excluding hydrogens is 205 g/mol. The minimum Gasteiger partial charge on any atom is -0.394 e. The van der Waals surface area contributed by atoms with Crippen LogP contribution in [0.3, 0.4) is 0 Å². The minimum atomic E-state index is -1.35. The van der Waals surface area contributed by atoms with Crippen molar-refractivity contribution < 1.29 is 25.2 Å². The molecule has 1 heterocycles. The zero-order valence-electron chi connectivity index (χ0n) is 7.37. The maximum absolute atomic E-state index is 9.20. The number of hydrogen-bond acceptors (Lipinski definition) is 6. The Morgan fingerprint density at radius 3 is 2.15 bits per heavy atom. The summed E-state index contributed by atoms with van der Waals surface area (Å²) in [6.07, 6.45) is -4.85. The number of ether oxygens (including phenoxy) is 1. The third kappa shape index (κ3) is 3.18. The van der Waals surface area contributed by atoms with Crippen molar-refractivity contribution in [3.8, 4) is 0 Å². The Hall–Kier alpha value is 1.40. The SMILES string of the molecule is N[C@H]1C(O)O[C@H](CO)[C@@H](O)[C@@H]1O.[K]. The van der Waals surface area contributed by atoms with Gasteiger partial charge in [-0.25, -0.2) is 0 Å². The summed E-state index contributed by atoms with van der Waals surface area (Å²) in [5, 5.41) is 36.1. The van der Waals surface area contributed by atoms with Crippen LogP contribution in [0, 0.1) is 0 Å². The fraction of sp³-hybridized carbons (Fsp3) is 1.00. The molecule has 0 spiro atoms. The summed E-state index contributed by atoms with van der Waals surface area (Å²) in [6.45, 7) is -0.470. The molecule has 1 aliphatic heterocycles. The molecule has 1 aliphatic rings. The summed E-state index contributed by atoms with van der Waals surface area (Å²) < 4.78 is 4.70. The van der Waals surface area contributed by atoms with Crippen LogP contribution in [0.25, 0.3) is 0 Å². The van der Waals surface area contributed by atoms with E-state index in [9.17, 15) is 10.2 Å². The molecule has 1 radical (unpaired) electrons. The maximum Gasteiger partial charge on any atom is 0.173 e. The van der Waals surface area contributed by atoms with Crippen LogP contribution in [-0.2, 0) is 4.74 Å². The molecule has 0 bridgehead atoms. The van der Waals surface area contributed by atoms with Crippen LogP contribution in [0.5, 0.6) is 0 Å². The number of nitrogens with two attached hydrogens (primary N) is 1. The van der Waals surface area contributed by atoms with Crippen molar-refractivity contribution in [3.63, 3.8) is 0 Å². The molecule has 0 aliphatic carbocycles. The van der Waals surface area contributed by atoms with E-state index >= 15 is 0 Å². The standard InChI is InChI=1S/C6H13NO5.K/c7-3-5(10)4(9)2(1-8)12-6(3)11;/h2-6,8-11H,1,7H2;/t2-,3-,4-,5-,6?;/m1./s1. The smallest absolute Gasteiger partial charge is 0.173 e. The molecule has 1 unspecified atom stereocenters. The Kier molecular flexibility index (Phi) is 6.74. The first kappa shape index (κ1) is 14.4. The van der Waals surface area contributed by atoms with Gasteiger partial charge in [-0.05, 0) is 0 Å². The largest absolute Gasteiger partial charge is 0.394 e. The van der Waals surface area contributed by atoms with Gasteiger partial charge in [-0.2, -0.15) is 0 Å². The maximum atomic E-state index is 9.20. The average molecular weight is 218 g/mol. The second kappa shape index (κ2) is 6.08. The zero-order valence-corrected chi connectivity index (χ0v) is 10.5. The fourth-order valence-electron chi connectivity index (χ4n) is 1.12. The van der Waals surface area contributed by atoms with Crippen molar-refractivity contribution in [2.75, 3.05) is 6.61 Å². The number of aliphatic hydroxyl groups excluding tert-OH is 4. The van der Waals surface area contributed by atoms with Gasteiger partial charge in [0.05, 0.1) is 12.6 Å². The second-order valence-electron chi connectivity index (χ2n) is 2.81. The van der Waals surface area contributed by atoms with Gasteiger partial charge in [0.15, 0.2) is 6.29 Å². The average Bonchev–Trinajstić information content (AvgIpc) is 2.08. The monoisotopic (exact) mass is 218 g/mol. The predicted octanol–water partition coefficient (Wildman–Crippen LogP) is -3.64. The van der Waals surface area contributed by atoms with Crippen molar-refractivity contribution in [3.05, 3.63) is 0 Å². The van der Waals surface area contributed by atoms with Gasteiger partial charge in [-0.15, -0.1) is 0 Å². The van der Waals surface area contributed by atoms with Gasteiger partial charge in [0.1, 0.15) is 18.3 Å². The number of hydrogen-bond donors (Lipinski definition) is 5. The van der Waals surface area contributed by atoms with E-state index in [-0.39, 0.29) is 51.4 Å². The summed E-state index contributed by atoms with van der Waals surface area (Å²) in [7, 11) is 0. The summed E-state index contributed by atoms with van der Waals surface area (Å²) in [5.74, 6) is 0.